The smallest absolute Gasteiger partial charge is 0.331 e. The molecule has 1 spiro atoms. The molecular weight excluding hydrogens is 424 g/mol. The third-order valence-corrected chi connectivity index (χ3v) is 6.53. The normalized spacial score (nSPS) is 35.6. The van der Waals surface area contributed by atoms with Gasteiger partial charge in [0.1, 0.15) is 23.4 Å². The molecule has 0 amide bonds. The number of carbonyl (C=O) groups is 2. The van der Waals surface area contributed by atoms with Crippen LogP contribution < -0.4 is 0 Å². The van der Waals surface area contributed by atoms with Gasteiger partial charge in [0.05, 0.1) is 18.6 Å². The highest BCUT2D eigenvalue weighted by Crippen LogP contribution is 2.59. The number of carboxylic acids is 1. The number of hydrogen-bond acceptors (Lipinski definition) is 6. The lowest BCUT2D eigenvalue weighted by molar-refractivity contribution is -0.166. The van der Waals surface area contributed by atoms with Crippen LogP contribution in [0.4, 0.5) is 0 Å². The van der Waals surface area contributed by atoms with E-state index >= 15 is 0 Å². The Morgan fingerprint density at radius 2 is 1.73 bits per heavy atom. The van der Waals surface area contributed by atoms with Crippen LogP contribution in [-0.4, -0.2) is 60.3 Å². The van der Waals surface area contributed by atoms with Crippen molar-refractivity contribution in [3.05, 3.63) is 60.3 Å². The van der Waals surface area contributed by atoms with Crippen LogP contribution in [0.3, 0.4) is 0 Å². The molecule has 2 saturated heterocycles. The minimum atomic E-state index is -1.00. The Morgan fingerprint density at radius 1 is 1.09 bits per heavy atom. The molecule has 0 radical (unpaired) electrons. The van der Waals surface area contributed by atoms with Gasteiger partial charge < -0.3 is 24.1 Å². The van der Waals surface area contributed by atoms with Gasteiger partial charge in [0.25, 0.3) is 0 Å². The topological polar surface area (TPSA) is 97.9 Å². The molecule has 6 atom stereocenters. The highest BCUT2D eigenvalue weighted by molar-refractivity contribution is 5.82. The fraction of sp³-hybridized carbons (Fsp3) is 0.538. The Bertz CT molecular complexity index is 873. The molecule has 3 aliphatic rings. The van der Waals surface area contributed by atoms with E-state index in [0.717, 1.165) is 18.9 Å². The molecule has 3 fully saturated rings. The Balaban J connectivity index is 1.59. The fourth-order valence-electron chi connectivity index (χ4n) is 4.79. The minimum Gasteiger partial charge on any atom is -0.478 e. The summed E-state index contributed by atoms with van der Waals surface area (Å²) in [7, 11) is 1.65. The Hall–Kier alpha value is -2.48. The van der Waals surface area contributed by atoms with Gasteiger partial charge in [-0.15, -0.1) is 0 Å². The number of ether oxygens (including phenoxy) is 4. The van der Waals surface area contributed by atoms with Crippen LogP contribution in [0.2, 0.25) is 0 Å². The number of aliphatic carboxylic acids is 1. The summed E-state index contributed by atoms with van der Waals surface area (Å²) in [5.74, 6) is -1.45. The van der Waals surface area contributed by atoms with Crippen LogP contribution in [0.1, 0.15) is 40.0 Å². The molecule has 0 aromatic carbocycles. The van der Waals surface area contributed by atoms with Crippen LogP contribution in [0.25, 0.3) is 0 Å². The molecule has 0 aromatic heterocycles. The van der Waals surface area contributed by atoms with Crippen molar-refractivity contribution < 1.29 is 33.6 Å². The van der Waals surface area contributed by atoms with E-state index in [-0.39, 0.29) is 35.4 Å². The van der Waals surface area contributed by atoms with Crippen LogP contribution in [0.15, 0.2) is 60.3 Å². The second-order valence-corrected chi connectivity index (χ2v) is 9.18. The number of carbonyl (C=O) groups excluding carboxylic acids is 1. The predicted molar refractivity (Wildman–Crippen MR) is 124 cm³/mol. The minimum absolute atomic E-state index is 0.00928. The number of epoxide rings is 2. The monoisotopic (exact) mass is 458 g/mol. The van der Waals surface area contributed by atoms with Crippen molar-refractivity contribution in [3.63, 3.8) is 0 Å². The van der Waals surface area contributed by atoms with Gasteiger partial charge in [-0.3, -0.25) is 0 Å². The summed E-state index contributed by atoms with van der Waals surface area (Å²) in [4.78, 5) is 22.8. The van der Waals surface area contributed by atoms with E-state index < -0.39 is 11.9 Å². The van der Waals surface area contributed by atoms with Gasteiger partial charge in [-0.1, -0.05) is 48.1 Å². The number of allylic oxidation sites excluding steroid dienone is 7. The predicted octanol–water partition coefficient (Wildman–Crippen LogP) is 3.92. The van der Waals surface area contributed by atoms with Gasteiger partial charge in [0, 0.05) is 19.3 Å². The number of methoxy groups -OCH3 is 1. The van der Waals surface area contributed by atoms with Crippen molar-refractivity contribution in [3.8, 4) is 0 Å². The van der Waals surface area contributed by atoms with Crippen molar-refractivity contribution in [1.82, 2.24) is 0 Å². The van der Waals surface area contributed by atoms with Gasteiger partial charge in [-0.05, 0) is 40.0 Å². The summed E-state index contributed by atoms with van der Waals surface area (Å²) in [5, 5.41) is 8.51. The number of carboxylic acid groups (broad SMARTS) is 1. The molecule has 2 aliphatic heterocycles. The zero-order valence-corrected chi connectivity index (χ0v) is 19.7. The standard InChI is InChI=1S/C26H34O7/c1-18(2)13-14-20-25(3,33-20)24-23(30-4)19(15-16-26(24)17-31-26)32-22(29)12-10-8-6-5-7-9-11-21(27)28/h5-13,19-20,23-24H,14-17H2,1-4H3,(H,27,28)/b7-5+,8-6+,11-9+,12-10+/t19?,20-,23?,24?,25?,26?/m1/s1. The summed E-state index contributed by atoms with van der Waals surface area (Å²) >= 11 is 0. The molecule has 7 nitrogen and oxygen atoms in total. The van der Waals surface area contributed by atoms with E-state index in [9.17, 15) is 9.59 Å². The number of esters is 1. The second-order valence-electron chi connectivity index (χ2n) is 9.18. The molecule has 7 heteroatoms. The average molecular weight is 459 g/mol. The Kier molecular flexibility index (Phi) is 8.10. The summed E-state index contributed by atoms with van der Waals surface area (Å²) in [6, 6.07) is 0. The largest absolute Gasteiger partial charge is 0.478 e. The maximum Gasteiger partial charge on any atom is 0.331 e. The SMILES string of the molecule is COC1C(OC(=O)/C=C/C=C/C=C/C=C/C(=O)O)CCC2(CO2)C1C1(C)O[C@@H]1CC=C(C)C. The maximum absolute atomic E-state index is 12.4. The molecular formula is C26H34O7. The van der Waals surface area contributed by atoms with E-state index in [2.05, 4.69) is 26.8 Å². The third-order valence-electron chi connectivity index (χ3n) is 6.53. The molecule has 33 heavy (non-hydrogen) atoms. The molecule has 3 rings (SSSR count). The number of hydrogen-bond donors (Lipinski definition) is 1. The quantitative estimate of drug-likeness (QED) is 0.174. The second kappa shape index (κ2) is 10.6. The maximum atomic E-state index is 12.4. The average Bonchev–Trinajstić information content (AvgIpc) is 3.67. The molecule has 1 saturated carbocycles. The lowest BCUT2D eigenvalue weighted by Crippen LogP contribution is -2.55. The fourth-order valence-corrected chi connectivity index (χ4v) is 4.79. The Morgan fingerprint density at radius 3 is 2.30 bits per heavy atom. The van der Waals surface area contributed by atoms with E-state index in [4.69, 9.17) is 24.1 Å². The summed E-state index contributed by atoms with van der Waals surface area (Å²) in [6.45, 7) is 6.96. The highest BCUT2D eigenvalue weighted by atomic mass is 16.6. The van der Waals surface area contributed by atoms with E-state index in [1.807, 2.05) is 0 Å². The van der Waals surface area contributed by atoms with Gasteiger partial charge in [0.15, 0.2) is 0 Å². The molecule has 1 N–H and O–H groups in total. The molecule has 180 valence electrons. The molecule has 5 unspecified atom stereocenters. The zero-order valence-electron chi connectivity index (χ0n) is 19.7. The van der Waals surface area contributed by atoms with Gasteiger partial charge >= 0.3 is 11.9 Å². The lowest BCUT2D eigenvalue weighted by Gasteiger charge is -2.42. The van der Waals surface area contributed by atoms with E-state index in [1.165, 1.54) is 17.7 Å². The van der Waals surface area contributed by atoms with E-state index in [0.29, 0.717) is 13.0 Å². The first-order valence-corrected chi connectivity index (χ1v) is 11.3. The molecule has 0 bridgehead atoms. The summed E-state index contributed by atoms with van der Waals surface area (Å²) in [5.41, 5.74) is 0.642. The number of rotatable bonds is 10. The van der Waals surface area contributed by atoms with Crippen LogP contribution in [-0.2, 0) is 28.5 Å². The molecule has 0 aromatic rings. The first-order chi connectivity index (χ1) is 15.7. The highest BCUT2D eigenvalue weighted by Gasteiger charge is 2.72. The summed E-state index contributed by atoms with van der Waals surface area (Å²) in [6.07, 6.45) is 16.0. The van der Waals surface area contributed by atoms with Crippen molar-refractivity contribution in [2.24, 2.45) is 5.92 Å². The van der Waals surface area contributed by atoms with Crippen molar-refractivity contribution in [2.45, 2.75) is 69.5 Å². The van der Waals surface area contributed by atoms with Crippen molar-refractivity contribution in [2.75, 3.05) is 13.7 Å². The third kappa shape index (κ3) is 6.31. The van der Waals surface area contributed by atoms with Gasteiger partial charge in [-0.2, -0.15) is 0 Å². The van der Waals surface area contributed by atoms with Crippen LogP contribution in [0.5, 0.6) is 0 Å². The molecule has 2 heterocycles. The van der Waals surface area contributed by atoms with Gasteiger partial charge in [0.2, 0.25) is 0 Å². The van der Waals surface area contributed by atoms with E-state index in [1.54, 1.807) is 37.5 Å². The molecule has 1 aliphatic carbocycles. The van der Waals surface area contributed by atoms with Crippen LogP contribution in [0, 0.1) is 5.92 Å². The van der Waals surface area contributed by atoms with Crippen molar-refractivity contribution >= 4 is 11.9 Å². The summed E-state index contributed by atoms with van der Waals surface area (Å²) < 4.78 is 23.8. The first kappa shape index (κ1) is 25.1. The van der Waals surface area contributed by atoms with Crippen LogP contribution >= 0.6 is 0 Å². The zero-order chi connectivity index (χ0) is 24.1. The van der Waals surface area contributed by atoms with Crippen molar-refractivity contribution in [1.29, 1.82) is 0 Å². The Labute approximate surface area is 195 Å². The lowest BCUT2D eigenvalue weighted by atomic mass is 9.68. The first-order valence-electron chi connectivity index (χ1n) is 11.3. The van der Waals surface area contributed by atoms with Gasteiger partial charge in [-0.25, -0.2) is 9.59 Å².